The minimum atomic E-state index is -0.427. The minimum Gasteiger partial charge on any atom is -0.481 e. The van der Waals surface area contributed by atoms with Crippen molar-refractivity contribution in [2.75, 3.05) is 26.2 Å². The van der Waals surface area contributed by atoms with Crippen LogP contribution in [0.5, 0.6) is 5.75 Å². The Bertz CT molecular complexity index is 420. The van der Waals surface area contributed by atoms with E-state index >= 15 is 0 Å². The van der Waals surface area contributed by atoms with Crippen molar-refractivity contribution in [2.24, 2.45) is 0 Å². The third-order valence-electron chi connectivity index (χ3n) is 3.17. The zero-order valence-corrected chi connectivity index (χ0v) is 12.2. The van der Waals surface area contributed by atoms with E-state index in [9.17, 15) is 4.79 Å². The first-order chi connectivity index (χ1) is 8.68. The van der Waals surface area contributed by atoms with Gasteiger partial charge in [-0.25, -0.2) is 0 Å². The minimum absolute atomic E-state index is 0. The fraction of sp³-hybridized carbons (Fsp3) is 0.500. The molecular formula is C14H21ClN2O2. The van der Waals surface area contributed by atoms with Gasteiger partial charge >= 0.3 is 0 Å². The molecule has 1 heterocycles. The molecule has 4 nitrogen and oxygen atoms in total. The fourth-order valence-corrected chi connectivity index (χ4v) is 2.07. The van der Waals surface area contributed by atoms with Crippen LogP contribution in [0.3, 0.4) is 0 Å². The number of piperazine rings is 1. The van der Waals surface area contributed by atoms with Gasteiger partial charge in [0.25, 0.3) is 5.91 Å². The maximum atomic E-state index is 12.2. The Morgan fingerprint density at radius 2 is 1.95 bits per heavy atom. The van der Waals surface area contributed by atoms with Crippen LogP contribution in [0.25, 0.3) is 0 Å². The predicted molar refractivity (Wildman–Crippen MR) is 78.0 cm³/mol. The molecule has 0 saturated carbocycles. The first kappa shape index (κ1) is 15.8. The third-order valence-corrected chi connectivity index (χ3v) is 3.17. The van der Waals surface area contributed by atoms with Gasteiger partial charge in [0, 0.05) is 26.2 Å². The van der Waals surface area contributed by atoms with E-state index in [-0.39, 0.29) is 18.3 Å². The average Bonchev–Trinajstić information content (AvgIpc) is 2.41. The summed E-state index contributed by atoms with van der Waals surface area (Å²) >= 11 is 0. The quantitative estimate of drug-likeness (QED) is 0.917. The number of para-hydroxylation sites is 1. The number of nitrogens with zero attached hydrogens (tertiary/aromatic N) is 1. The molecule has 2 rings (SSSR count). The normalized spacial score (nSPS) is 16.4. The highest BCUT2D eigenvalue weighted by Gasteiger charge is 2.23. The summed E-state index contributed by atoms with van der Waals surface area (Å²) in [6, 6.07) is 7.77. The van der Waals surface area contributed by atoms with Crippen LogP contribution >= 0.6 is 12.4 Å². The molecular weight excluding hydrogens is 264 g/mol. The molecule has 1 aliphatic rings. The molecule has 19 heavy (non-hydrogen) atoms. The fourth-order valence-electron chi connectivity index (χ4n) is 2.07. The summed E-state index contributed by atoms with van der Waals surface area (Å²) in [5.41, 5.74) is 1.05. The lowest BCUT2D eigenvalue weighted by atomic mass is 10.2. The van der Waals surface area contributed by atoms with Crippen LogP contribution in [0.4, 0.5) is 0 Å². The lowest BCUT2D eigenvalue weighted by molar-refractivity contribution is -0.138. The smallest absolute Gasteiger partial charge is 0.263 e. The van der Waals surface area contributed by atoms with Gasteiger partial charge in [-0.15, -0.1) is 12.4 Å². The van der Waals surface area contributed by atoms with E-state index in [1.165, 1.54) is 0 Å². The second-order valence-corrected chi connectivity index (χ2v) is 4.60. The molecule has 1 fully saturated rings. The Labute approximate surface area is 120 Å². The molecule has 0 radical (unpaired) electrons. The average molecular weight is 285 g/mol. The van der Waals surface area contributed by atoms with Crippen LogP contribution < -0.4 is 10.1 Å². The first-order valence-electron chi connectivity index (χ1n) is 6.40. The molecule has 1 aromatic rings. The Balaban J connectivity index is 0.00000180. The van der Waals surface area contributed by atoms with Gasteiger partial charge in [-0.2, -0.15) is 0 Å². The van der Waals surface area contributed by atoms with Crippen molar-refractivity contribution < 1.29 is 9.53 Å². The van der Waals surface area contributed by atoms with E-state index in [0.29, 0.717) is 0 Å². The number of rotatable bonds is 3. The lowest BCUT2D eigenvalue weighted by Gasteiger charge is -2.30. The van der Waals surface area contributed by atoms with Gasteiger partial charge in [0.15, 0.2) is 6.10 Å². The maximum absolute atomic E-state index is 12.2. The second kappa shape index (κ2) is 7.36. The van der Waals surface area contributed by atoms with Crippen molar-refractivity contribution in [1.29, 1.82) is 0 Å². The molecule has 0 aromatic heterocycles. The van der Waals surface area contributed by atoms with E-state index in [0.717, 1.165) is 37.5 Å². The van der Waals surface area contributed by atoms with Gasteiger partial charge in [0.1, 0.15) is 5.75 Å². The lowest BCUT2D eigenvalue weighted by Crippen LogP contribution is -2.50. The molecule has 1 atom stereocenters. The number of amides is 1. The molecule has 0 aliphatic carbocycles. The number of hydrogen-bond donors (Lipinski definition) is 1. The van der Waals surface area contributed by atoms with Gasteiger partial charge in [-0.3, -0.25) is 4.79 Å². The van der Waals surface area contributed by atoms with Crippen molar-refractivity contribution in [1.82, 2.24) is 10.2 Å². The van der Waals surface area contributed by atoms with Crippen molar-refractivity contribution in [3.05, 3.63) is 29.8 Å². The van der Waals surface area contributed by atoms with Gasteiger partial charge in [0.05, 0.1) is 0 Å². The number of carbonyl (C=O) groups is 1. The third kappa shape index (κ3) is 4.11. The highest BCUT2D eigenvalue weighted by molar-refractivity contribution is 5.85. The first-order valence-corrected chi connectivity index (χ1v) is 6.40. The van der Waals surface area contributed by atoms with Crippen LogP contribution in [0.1, 0.15) is 12.5 Å². The summed E-state index contributed by atoms with van der Waals surface area (Å²) in [6.07, 6.45) is -0.427. The van der Waals surface area contributed by atoms with Gasteiger partial charge in [-0.1, -0.05) is 18.2 Å². The molecule has 1 unspecified atom stereocenters. The zero-order valence-electron chi connectivity index (χ0n) is 11.4. The molecule has 5 heteroatoms. The number of hydrogen-bond acceptors (Lipinski definition) is 3. The van der Waals surface area contributed by atoms with Crippen molar-refractivity contribution in [3.8, 4) is 5.75 Å². The molecule has 0 spiro atoms. The predicted octanol–water partition coefficient (Wildman–Crippen LogP) is 1.62. The Morgan fingerprint density at radius 1 is 1.32 bits per heavy atom. The van der Waals surface area contributed by atoms with Crippen molar-refractivity contribution in [3.63, 3.8) is 0 Å². The molecule has 1 aliphatic heterocycles. The SMILES string of the molecule is Cc1ccccc1OC(C)C(=O)N1CCNCC1.Cl. The van der Waals surface area contributed by atoms with E-state index in [4.69, 9.17) is 4.74 Å². The number of benzene rings is 1. The summed E-state index contributed by atoms with van der Waals surface area (Å²) in [7, 11) is 0. The molecule has 0 bridgehead atoms. The highest BCUT2D eigenvalue weighted by Crippen LogP contribution is 2.18. The highest BCUT2D eigenvalue weighted by atomic mass is 35.5. The number of aryl methyl sites for hydroxylation is 1. The second-order valence-electron chi connectivity index (χ2n) is 4.60. The van der Waals surface area contributed by atoms with Gasteiger partial charge in [0.2, 0.25) is 0 Å². The number of ether oxygens (including phenoxy) is 1. The molecule has 1 N–H and O–H groups in total. The van der Waals surface area contributed by atoms with Crippen molar-refractivity contribution in [2.45, 2.75) is 20.0 Å². The Kier molecular flexibility index (Phi) is 6.12. The van der Waals surface area contributed by atoms with E-state index < -0.39 is 6.10 Å². The Hall–Kier alpha value is -1.26. The largest absolute Gasteiger partial charge is 0.481 e. The van der Waals surface area contributed by atoms with E-state index in [1.807, 2.05) is 43.0 Å². The summed E-state index contributed by atoms with van der Waals surface area (Å²) in [6.45, 7) is 7.06. The number of nitrogens with one attached hydrogen (secondary N) is 1. The van der Waals surface area contributed by atoms with Gasteiger partial charge < -0.3 is 15.0 Å². The zero-order chi connectivity index (χ0) is 13.0. The van der Waals surface area contributed by atoms with Crippen molar-refractivity contribution >= 4 is 18.3 Å². The summed E-state index contributed by atoms with van der Waals surface area (Å²) in [5, 5.41) is 3.23. The number of carbonyl (C=O) groups excluding carboxylic acids is 1. The molecule has 1 aromatic carbocycles. The Morgan fingerprint density at radius 3 is 2.58 bits per heavy atom. The van der Waals surface area contributed by atoms with Crippen LogP contribution in [0, 0.1) is 6.92 Å². The van der Waals surface area contributed by atoms with Crippen LogP contribution in [0.2, 0.25) is 0 Å². The van der Waals surface area contributed by atoms with Gasteiger partial charge in [-0.05, 0) is 25.5 Å². The standard InChI is InChI=1S/C14H20N2O2.ClH/c1-11-5-3-4-6-13(11)18-12(2)14(17)16-9-7-15-8-10-16;/h3-6,12,15H,7-10H2,1-2H3;1H. The topological polar surface area (TPSA) is 41.6 Å². The van der Waals surface area contributed by atoms with Crippen LogP contribution in [-0.2, 0) is 4.79 Å². The summed E-state index contributed by atoms with van der Waals surface area (Å²) in [4.78, 5) is 14.0. The van der Waals surface area contributed by atoms with Crippen LogP contribution in [-0.4, -0.2) is 43.1 Å². The molecule has 1 saturated heterocycles. The summed E-state index contributed by atoms with van der Waals surface area (Å²) < 4.78 is 5.75. The van der Waals surface area contributed by atoms with Crippen LogP contribution in [0.15, 0.2) is 24.3 Å². The summed E-state index contributed by atoms with van der Waals surface area (Å²) in [5.74, 6) is 0.855. The molecule has 1 amide bonds. The molecule has 106 valence electrons. The van der Waals surface area contributed by atoms with E-state index in [2.05, 4.69) is 5.32 Å². The monoisotopic (exact) mass is 284 g/mol. The van der Waals surface area contributed by atoms with E-state index in [1.54, 1.807) is 0 Å². The maximum Gasteiger partial charge on any atom is 0.263 e. The number of halogens is 1.